The van der Waals surface area contributed by atoms with Gasteiger partial charge in [0.2, 0.25) is 0 Å². The topological polar surface area (TPSA) is 77.6 Å². The first-order valence-electron chi connectivity index (χ1n) is 6.04. The van der Waals surface area contributed by atoms with Crippen LogP contribution < -0.4 is 15.2 Å². The van der Waals surface area contributed by atoms with E-state index in [0.717, 1.165) is 22.6 Å². The Balaban J connectivity index is 2.03. The molecule has 3 rings (SSSR count). The molecule has 0 amide bonds. The summed E-state index contributed by atoms with van der Waals surface area (Å²) >= 11 is 1.30. The monoisotopic (exact) mass is 278 g/mol. The van der Waals surface area contributed by atoms with Crippen LogP contribution in [0, 0.1) is 0 Å². The lowest BCUT2D eigenvalue weighted by Crippen LogP contribution is -1.97. The number of ether oxygens (including phenoxy) is 2. The fraction of sp³-hybridized carbons (Fsp3) is 0.308. The second-order valence-corrected chi connectivity index (χ2v) is 5.31. The molecule has 0 radical (unpaired) electrons. The fourth-order valence-electron chi connectivity index (χ4n) is 2.01. The number of anilines is 1. The van der Waals surface area contributed by atoms with E-state index < -0.39 is 0 Å². The van der Waals surface area contributed by atoms with E-state index in [4.69, 9.17) is 15.2 Å². The molecule has 100 valence electrons. The number of nitrogens with zero attached hydrogens (tertiary/aromatic N) is 1. The van der Waals surface area contributed by atoms with Crippen molar-refractivity contribution >= 4 is 16.5 Å². The lowest BCUT2D eigenvalue weighted by atomic mass is 10.1. The maximum absolute atomic E-state index is 9.34. The summed E-state index contributed by atoms with van der Waals surface area (Å²) in [5.74, 6) is 1.46. The van der Waals surface area contributed by atoms with Crippen molar-refractivity contribution in [3.63, 3.8) is 0 Å². The summed E-state index contributed by atoms with van der Waals surface area (Å²) in [5, 5.41) is 9.79. The number of aliphatic hydroxyl groups excluding tert-OH is 1. The molecule has 0 spiro atoms. The van der Waals surface area contributed by atoms with Gasteiger partial charge in [0.1, 0.15) is 0 Å². The molecule has 0 atom stereocenters. The summed E-state index contributed by atoms with van der Waals surface area (Å²) in [5.41, 5.74) is 7.28. The number of hydrogen-bond acceptors (Lipinski definition) is 6. The van der Waals surface area contributed by atoms with E-state index in [2.05, 4.69) is 4.98 Å². The molecule has 5 nitrogen and oxygen atoms in total. The number of benzene rings is 1. The Morgan fingerprint density at radius 1 is 1.26 bits per heavy atom. The van der Waals surface area contributed by atoms with Crippen molar-refractivity contribution in [3.8, 4) is 22.8 Å². The van der Waals surface area contributed by atoms with Gasteiger partial charge in [-0.2, -0.15) is 0 Å². The smallest absolute Gasteiger partial charge is 0.180 e. The molecular formula is C13H14N2O3S. The Morgan fingerprint density at radius 3 is 2.84 bits per heavy atom. The van der Waals surface area contributed by atoms with Crippen LogP contribution in [0.2, 0.25) is 0 Å². The number of aliphatic hydroxyl groups is 1. The summed E-state index contributed by atoms with van der Waals surface area (Å²) in [6, 6.07) is 5.65. The van der Waals surface area contributed by atoms with Crippen molar-refractivity contribution in [1.29, 1.82) is 0 Å². The summed E-state index contributed by atoms with van der Waals surface area (Å²) < 4.78 is 11.2. The molecule has 1 aromatic heterocycles. The molecular weight excluding hydrogens is 264 g/mol. The molecule has 0 bridgehead atoms. The third-order valence-electron chi connectivity index (χ3n) is 2.88. The van der Waals surface area contributed by atoms with E-state index in [-0.39, 0.29) is 6.61 Å². The first-order valence-corrected chi connectivity index (χ1v) is 6.85. The minimum Gasteiger partial charge on any atom is -0.490 e. The first-order chi connectivity index (χ1) is 9.28. The lowest BCUT2D eigenvalue weighted by Gasteiger charge is -2.08. The molecule has 0 saturated carbocycles. The van der Waals surface area contributed by atoms with E-state index in [0.29, 0.717) is 29.8 Å². The number of nitrogens with two attached hydrogens (primary N) is 1. The lowest BCUT2D eigenvalue weighted by molar-refractivity contribution is 0.286. The summed E-state index contributed by atoms with van der Waals surface area (Å²) in [6.07, 6.45) is 0.871. The molecule has 2 heterocycles. The number of rotatable bonds is 2. The fourth-order valence-corrected chi connectivity index (χ4v) is 2.73. The van der Waals surface area contributed by atoms with Crippen LogP contribution in [0.4, 0.5) is 5.13 Å². The van der Waals surface area contributed by atoms with E-state index >= 15 is 0 Å². The number of hydrogen-bond donors (Lipinski definition) is 2. The van der Waals surface area contributed by atoms with Crippen molar-refractivity contribution in [2.24, 2.45) is 0 Å². The maximum atomic E-state index is 9.34. The normalized spacial score (nSPS) is 14.2. The molecule has 0 aliphatic carbocycles. The van der Waals surface area contributed by atoms with Gasteiger partial charge in [0.05, 0.1) is 30.4 Å². The highest BCUT2D eigenvalue weighted by atomic mass is 32.1. The van der Waals surface area contributed by atoms with Gasteiger partial charge in [-0.1, -0.05) is 11.3 Å². The van der Waals surface area contributed by atoms with E-state index in [1.165, 1.54) is 11.3 Å². The number of aromatic nitrogens is 1. The molecule has 0 unspecified atom stereocenters. The van der Waals surface area contributed by atoms with Gasteiger partial charge in [0.15, 0.2) is 16.6 Å². The number of thiazole rings is 1. The Morgan fingerprint density at radius 2 is 2.05 bits per heavy atom. The highest BCUT2D eigenvalue weighted by molar-refractivity contribution is 7.15. The second kappa shape index (κ2) is 5.07. The summed E-state index contributed by atoms with van der Waals surface area (Å²) in [6.45, 7) is 1.24. The minimum atomic E-state index is -0.0708. The standard InChI is InChI=1S/C13H14N2O3S/c14-13-15-12(11(7-16)19-13)8-2-3-9-10(6-8)18-5-1-4-17-9/h2-3,6,16H,1,4-5,7H2,(H2,14,15). The molecule has 3 N–H and O–H groups in total. The van der Waals surface area contributed by atoms with Crippen molar-refractivity contribution in [2.45, 2.75) is 13.0 Å². The highest BCUT2D eigenvalue weighted by Gasteiger charge is 2.15. The van der Waals surface area contributed by atoms with Crippen LogP contribution in [0.15, 0.2) is 18.2 Å². The number of fused-ring (bicyclic) bond motifs is 1. The summed E-state index contributed by atoms with van der Waals surface area (Å²) in [4.78, 5) is 5.02. The van der Waals surface area contributed by atoms with Gasteiger partial charge in [-0.3, -0.25) is 0 Å². The van der Waals surface area contributed by atoms with E-state index in [1.54, 1.807) is 0 Å². The molecule has 6 heteroatoms. The first kappa shape index (κ1) is 12.3. The number of nitrogen functional groups attached to an aromatic ring is 1. The van der Waals surface area contributed by atoms with Crippen molar-refractivity contribution in [1.82, 2.24) is 4.98 Å². The predicted molar refractivity (Wildman–Crippen MR) is 73.5 cm³/mol. The highest BCUT2D eigenvalue weighted by Crippen LogP contribution is 2.36. The van der Waals surface area contributed by atoms with Crippen LogP contribution in [0.1, 0.15) is 11.3 Å². The van der Waals surface area contributed by atoms with Gasteiger partial charge < -0.3 is 20.3 Å². The van der Waals surface area contributed by atoms with Crippen LogP contribution in [-0.2, 0) is 6.61 Å². The van der Waals surface area contributed by atoms with Gasteiger partial charge >= 0.3 is 0 Å². The molecule has 1 aromatic carbocycles. The van der Waals surface area contributed by atoms with E-state index in [1.807, 2.05) is 18.2 Å². The maximum Gasteiger partial charge on any atom is 0.180 e. The third kappa shape index (κ3) is 2.36. The van der Waals surface area contributed by atoms with Crippen LogP contribution in [0.5, 0.6) is 11.5 Å². The van der Waals surface area contributed by atoms with Gasteiger partial charge in [-0.05, 0) is 18.2 Å². The second-order valence-electron chi connectivity index (χ2n) is 4.19. The zero-order chi connectivity index (χ0) is 13.2. The van der Waals surface area contributed by atoms with Crippen LogP contribution in [-0.4, -0.2) is 23.3 Å². The Kier molecular flexibility index (Phi) is 3.27. The van der Waals surface area contributed by atoms with Crippen molar-refractivity contribution in [2.75, 3.05) is 18.9 Å². The van der Waals surface area contributed by atoms with Crippen molar-refractivity contribution < 1.29 is 14.6 Å². The van der Waals surface area contributed by atoms with Gasteiger partial charge in [-0.25, -0.2) is 4.98 Å². The summed E-state index contributed by atoms with van der Waals surface area (Å²) in [7, 11) is 0. The zero-order valence-electron chi connectivity index (χ0n) is 10.3. The minimum absolute atomic E-state index is 0.0708. The molecule has 2 aromatic rings. The van der Waals surface area contributed by atoms with Gasteiger partial charge in [0.25, 0.3) is 0 Å². The molecule has 0 saturated heterocycles. The Bertz CT molecular complexity index is 598. The Labute approximate surface area is 114 Å². The Hall–Kier alpha value is -1.79. The quantitative estimate of drug-likeness (QED) is 0.879. The zero-order valence-corrected chi connectivity index (χ0v) is 11.1. The molecule has 1 aliphatic heterocycles. The SMILES string of the molecule is Nc1nc(-c2ccc3c(c2)OCCCO3)c(CO)s1. The molecule has 0 fully saturated rings. The van der Waals surface area contributed by atoms with E-state index in [9.17, 15) is 5.11 Å². The van der Waals surface area contributed by atoms with Gasteiger partial charge in [0, 0.05) is 12.0 Å². The average Bonchev–Trinajstić information content (AvgIpc) is 2.66. The van der Waals surface area contributed by atoms with Crippen molar-refractivity contribution in [3.05, 3.63) is 23.1 Å². The van der Waals surface area contributed by atoms with Gasteiger partial charge in [-0.15, -0.1) is 0 Å². The van der Waals surface area contributed by atoms with Crippen LogP contribution in [0.25, 0.3) is 11.3 Å². The van der Waals surface area contributed by atoms with Crippen LogP contribution in [0.3, 0.4) is 0 Å². The average molecular weight is 278 g/mol. The van der Waals surface area contributed by atoms with Crippen LogP contribution >= 0.6 is 11.3 Å². The predicted octanol–water partition coefficient (Wildman–Crippen LogP) is 2.05. The largest absolute Gasteiger partial charge is 0.490 e. The molecule has 1 aliphatic rings. The third-order valence-corrected chi connectivity index (χ3v) is 3.75. The molecule has 19 heavy (non-hydrogen) atoms.